The number of carboxylic acid groups (broad SMARTS) is 1. The van der Waals surface area contributed by atoms with Gasteiger partial charge in [0.1, 0.15) is 18.2 Å². The largest absolute Gasteiger partial charge is 0.480 e. The Hall–Kier alpha value is -2.02. The van der Waals surface area contributed by atoms with Crippen LogP contribution in [-0.4, -0.2) is 52.5 Å². The zero-order chi connectivity index (χ0) is 17.3. The number of aliphatic carboxylic acids is 1. The molecule has 3 rings (SSSR count). The number of nitrogens with zero attached hydrogens (tertiary/aromatic N) is 2. The Morgan fingerprint density at radius 3 is 2.58 bits per heavy atom. The molecule has 0 saturated carbocycles. The molecule has 5 nitrogen and oxygen atoms in total. The van der Waals surface area contributed by atoms with Gasteiger partial charge in [0.05, 0.1) is 6.04 Å². The summed E-state index contributed by atoms with van der Waals surface area (Å²) in [6, 6.07) is 1.78. The summed E-state index contributed by atoms with van der Waals surface area (Å²) in [6.45, 7) is 0.749. The van der Waals surface area contributed by atoms with Crippen LogP contribution in [0.2, 0.25) is 0 Å². The SMILES string of the molecule is O=C(O)CN1CCCCC(N2CCc3c(F)ccc(F)c3C2)C1=O. The van der Waals surface area contributed by atoms with Gasteiger partial charge in [-0.3, -0.25) is 14.5 Å². The minimum absolute atomic E-state index is 0.177. The second kappa shape index (κ2) is 6.84. The van der Waals surface area contributed by atoms with Crippen LogP contribution in [0, 0.1) is 11.6 Å². The van der Waals surface area contributed by atoms with Crippen LogP contribution >= 0.6 is 0 Å². The lowest BCUT2D eigenvalue weighted by Crippen LogP contribution is -2.50. The second-order valence-electron chi connectivity index (χ2n) is 6.37. The number of hydrogen-bond acceptors (Lipinski definition) is 3. The van der Waals surface area contributed by atoms with E-state index in [2.05, 4.69) is 0 Å². The standard InChI is InChI=1S/C17H20F2N2O3/c18-13-4-5-14(19)12-9-20(8-6-11(12)13)15-3-1-2-7-21(17(15)24)10-16(22)23/h4-5,15H,1-3,6-10H2,(H,22,23). The molecule has 1 N–H and O–H groups in total. The van der Waals surface area contributed by atoms with Crippen LogP contribution in [0.25, 0.3) is 0 Å². The molecule has 1 atom stereocenters. The monoisotopic (exact) mass is 338 g/mol. The van der Waals surface area contributed by atoms with Crippen LogP contribution < -0.4 is 0 Å². The maximum absolute atomic E-state index is 14.1. The molecule has 2 aliphatic rings. The topological polar surface area (TPSA) is 60.9 Å². The van der Waals surface area contributed by atoms with E-state index in [9.17, 15) is 18.4 Å². The maximum atomic E-state index is 14.1. The molecule has 7 heteroatoms. The average Bonchev–Trinajstić information content (AvgIpc) is 2.73. The first-order valence-electron chi connectivity index (χ1n) is 8.17. The molecule has 1 saturated heterocycles. The Labute approximate surface area is 138 Å². The van der Waals surface area contributed by atoms with Crippen molar-refractivity contribution in [3.8, 4) is 0 Å². The van der Waals surface area contributed by atoms with Crippen LogP contribution in [-0.2, 0) is 22.6 Å². The molecule has 0 aliphatic carbocycles. The molecule has 0 aromatic heterocycles. The van der Waals surface area contributed by atoms with Crippen molar-refractivity contribution < 1.29 is 23.5 Å². The van der Waals surface area contributed by atoms with Gasteiger partial charge in [0.25, 0.3) is 0 Å². The number of halogens is 2. The molecular weight excluding hydrogens is 318 g/mol. The Morgan fingerprint density at radius 2 is 1.88 bits per heavy atom. The van der Waals surface area contributed by atoms with Crippen LogP contribution in [0.3, 0.4) is 0 Å². The van der Waals surface area contributed by atoms with Crippen LogP contribution in [0.5, 0.6) is 0 Å². The summed E-state index contributed by atoms with van der Waals surface area (Å²) in [5.41, 5.74) is 0.692. The van der Waals surface area contributed by atoms with E-state index >= 15 is 0 Å². The van der Waals surface area contributed by atoms with E-state index in [1.165, 1.54) is 4.90 Å². The van der Waals surface area contributed by atoms with E-state index in [0.717, 1.165) is 25.0 Å². The lowest BCUT2D eigenvalue weighted by molar-refractivity contribution is -0.146. The minimum atomic E-state index is -1.04. The van der Waals surface area contributed by atoms with Gasteiger partial charge in [-0.25, -0.2) is 8.78 Å². The molecule has 1 unspecified atom stereocenters. The zero-order valence-electron chi connectivity index (χ0n) is 13.3. The van der Waals surface area contributed by atoms with Crippen LogP contribution in [0.15, 0.2) is 12.1 Å². The average molecular weight is 338 g/mol. The second-order valence-corrected chi connectivity index (χ2v) is 6.37. The van der Waals surface area contributed by atoms with Gasteiger partial charge in [-0.2, -0.15) is 0 Å². The van der Waals surface area contributed by atoms with Gasteiger partial charge in [0, 0.05) is 25.2 Å². The van der Waals surface area contributed by atoms with Crippen molar-refractivity contribution in [2.75, 3.05) is 19.6 Å². The van der Waals surface area contributed by atoms with Crippen molar-refractivity contribution in [3.63, 3.8) is 0 Å². The number of carbonyl (C=O) groups excluding carboxylic acids is 1. The van der Waals surface area contributed by atoms with Gasteiger partial charge in [-0.05, 0) is 43.4 Å². The van der Waals surface area contributed by atoms with Gasteiger partial charge in [-0.15, -0.1) is 0 Å². The zero-order valence-corrected chi connectivity index (χ0v) is 13.3. The van der Waals surface area contributed by atoms with Crippen molar-refractivity contribution in [2.24, 2.45) is 0 Å². The number of rotatable bonds is 3. The van der Waals surface area contributed by atoms with Crippen LogP contribution in [0.4, 0.5) is 8.78 Å². The van der Waals surface area contributed by atoms with Gasteiger partial charge in [0.2, 0.25) is 5.91 Å². The van der Waals surface area contributed by atoms with E-state index < -0.39 is 23.6 Å². The summed E-state index contributed by atoms with van der Waals surface area (Å²) < 4.78 is 27.9. The van der Waals surface area contributed by atoms with Gasteiger partial charge < -0.3 is 10.0 Å². The first-order chi connectivity index (χ1) is 11.5. The Kier molecular flexibility index (Phi) is 4.80. The lowest BCUT2D eigenvalue weighted by Gasteiger charge is -2.36. The first-order valence-corrected chi connectivity index (χ1v) is 8.17. The molecule has 24 heavy (non-hydrogen) atoms. The van der Waals surface area contributed by atoms with Crippen molar-refractivity contribution in [1.82, 2.24) is 9.80 Å². The third-order valence-corrected chi connectivity index (χ3v) is 4.85. The van der Waals surface area contributed by atoms with Gasteiger partial charge in [0.15, 0.2) is 0 Å². The summed E-state index contributed by atoms with van der Waals surface area (Å²) in [5.74, 6) is -2.14. The molecular formula is C17H20F2N2O3. The molecule has 2 heterocycles. The quantitative estimate of drug-likeness (QED) is 0.913. The Bertz CT molecular complexity index is 665. The Morgan fingerprint density at radius 1 is 1.17 bits per heavy atom. The number of benzene rings is 1. The summed E-state index contributed by atoms with van der Waals surface area (Å²) in [4.78, 5) is 26.9. The molecule has 0 bridgehead atoms. The third kappa shape index (κ3) is 3.26. The maximum Gasteiger partial charge on any atom is 0.323 e. The number of carboxylic acids is 1. The molecule has 1 aromatic rings. The highest BCUT2D eigenvalue weighted by Crippen LogP contribution is 2.28. The molecule has 130 valence electrons. The fourth-order valence-corrected chi connectivity index (χ4v) is 3.62. The Balaban J connectivity index is 1.82. The minimum Gasteiger partial charge on any atom is -0.480 e. The summed E-state index contributed by atoms with van der Waals surface area (Å²) >= 11 is 0. The van der Waals surface area contributed by atoms with Crippen LogP contribution in [0.1, 0.15) is 30.4 Å². The first kappa shape index (κ1) is 16.8. The summed E-state index contributed by atoms with van der Waals surface area (Å²) in [6.07, 6.45) is 2.52. The molecule has 1 amide bonds. The number of fused-ring (bicyclic) bond motifs is 1. The highest BCUT2D eigenvalue weighted by molar-refractivity contribution is 5.85. The van der Waals surface area contributed by atoms with Crippen molar-refractivity contribution in [2.45, 2.75) is 38.3 Å². The molecule has 1 fully saturated rings. The fraction of sp³-hybridized carbons (Fsp3) is 0.529. The van der Waals surface area contributed by atoms with Crippen molar-refractivity contribution >= 4 is 11.9 Å². The van der Waals surface area contributed by atoms with Crippen molar-refractivity contribution in [3.05, 3.63) is 34.9 Å². The number of carbonyl (C=O) groups is 2. The molecule has 1 aromatic carbocycles. The van der Waals surface area contributed by atoms with Crippen molar-refractivity contribution in [1.29, 1.82) is 0 Å². The third-order valence-electron chi connectivity index (χ3n) is 4.85. The number of amides is 1. The predicted octanol–water partition coefficient (Wildman–Crippen LogP) is 1.79. The summed E-state index contributed by atoms with van der Waals surface area (Å²) in [5, 5.41) is 8.97. The highest BCUT2D eigenvalue weighted by Gasteiger charge is 2.35. The molecule has 0 spiro atoms. The smallest absolute Gasteiger partial charge is 0.323 e. The normalized spacial score (nSPS) is 22.2. The van der Waals surface area contributed by atoms with Gasteiger partial charge in [-0.1, -0.05) is 0 Å². The predicted molar refractivity (Wildman–Crippen MR) is 82.3 cm³/mol. The van der Waals surface area contributed by atoms with E-state index in [0.29, 0.717) is 37.1 Å². The fourth-order valence-electron chi connectivity index (χ4n) is 3.62. The van der Waals surface area contributed by atoms with E-state index in [-0.39, 0.29) is 19.0 Å². The molecule has 2 aliphatic heterocycles. The van der Waals surface area contributed by atoms with E-state index in [1.54, 1.807) is 0 Å². The van der Waals surface area contributed by atoms with E-state index in [1.807, 2.05) is 4.90 Å². The van der Waals surface area contributed by atoms with E-state index in [4.69, 9.17) is 5.11 Å². The number of hydrogen-bond donors (Lipinski definition) is 1. The lowest BCUT2D eigenvalue weighted by atomic mass is 9.96. The van der Waals surface area contributed by atoms with Gasteiger partial charge >= 0.3 is 5.97 Å². The highest BCUT2D eigenvalue weighted by atomic mass is 19.1. The summed E-state index contributed by atoms with van der Waals surface area (Å²) in [7, 11) is 0. The number of likely N-dealkylation sites (tertiary alicyclic amines) is 1. The molecule has 0 radical (unpaired) electrons.